The summed E-state index contributed by atoms with van der Waals surface area (Å²) in [6, 6.07) is 0. The monoisotopic (exact) mass is 203 g/mol. The van der Waals surface area contributed by atoms with E-state index in [2.05, 4.69) is 0 Å². The molecule has 1 saturated carbocycles. The van der Waals surface area contributed by atoms with Crippen molar-refractivity contribution in [3.63, 3.8) is 0 Å². The maximum atomic E-state index is 9.05. The van der Waals surface area contributed by atoms with Crippen LogP contribution >= 0.6 is 0 Å². The fourth-order valence-electron chi connectivity index (χ4n) is 1.81. The van der Waals surface area contributed by atoms with Crippen molar-refractivity contribution in [1.29, 1.82) is 0 Å². The quantitative estimate of drug-likeness (QED) is 0.609. The molecule has 4 heteroatoms. The van der Waals surface area contributed by atoms with Crippen LogP contribution in [-0.4, -0.2) is 43.2 Å². The minimum absolute atomic E-state index is 0.0539. The highest BCUT2D eigenvalue weighted by atomic mass is 16.5. The summed E-state index contributed by atoms with van der Waals surface area (Å²) in [4.78, 5) is 0. The highest BCUT2D eigenvalue weighted by molar-refractivity contribution is 4.93. The number of hydrogen-bond acceptors (Lipinski definition) is 4. The van der Waals surface area contributed by atoms with Gasteiger partial charge in [0.25, 0.3) is 0 Å². The van der Waals surface area contributed by atoms with E-state index in [1.807, 2.05) is 6.92 Å². The van der Waals surface area contributed by atoms with Crippen LogP contribution in [0.5, 0.6) is 0 Å². The standard InChI is InChI=1S/C10H21NO3/c1-2-13-5-6-14-9-3-4-10(11,7-9)8-12/h9,12H,2-8,11H2,1H3. The number of ether oxygens (including phenoxy) is 2. The predicted octanol–water partition coefficient (Wildman–Crippen LogP) is 0.282. The van der Waals surface area contributed by atoms with Crippen LogP contribution in [0, 0.1) is 0 Å². The summed E-state index contributed by atoms with van der Waals surface area (Å²) in [5.74, 6) is 0. The van der Waals surface area contributed by atoms with Crippen LogP contribution in [0.25, 0.3) is 0 Å². The second kappa shape index (κ2) is 5.66. The number of aliphatic hydroxyl groups excluding tert-OH is 1. The minimum atomic E-state index is -0.406. The molecule has 84 valence electrons. The molecule has 1 rings (SSSR count). The van der Waals surface area contributed by atoms with Crippen LogP contribution in [0.2, 0.25) is 0 Å². The van der Waals surface area contributed by atoms with Gasteiger partial charge in [0.1, 0.15) is 0 Å². The van der Waals surface area contributed by atoms with Crippen molar-refractivity contribution < 1.29 is 14.6 Å². The van der Waals surface area contributed by atoms with E-state index in [1.165, 1.54) is 0 Å². The molecule has 4 nitrogen and oxygen atoms in total. The molecule has 1 fully saturated rings. The number of aliphatic hydroxyl groups is 1. The largest absolute Gasteiger partial charge is 0.394 e. The van der Waals surface area contributed by atoms with Crippen LogP contribution in [-0.2, 0) is 9.47 Å². The van der Waals surface area contributed by atoms with Crippen LogP contribution in [0.4, 0.5) is 0 Å². The van der Waals surface area contributed by atoms with Gasteiger partial charge in [-0.3, -0.25) is 0 Å². The molecule has 0 aliphatic heterocycles. The molecule has 0 aromatic carbocycles. The summed E-state index contributed by atoms with van der Waals surface area (Å²) in [5.41, 5.74) is 5.51. The van der Waals surface area contributed by atoms with Crippen LogP contribution in [0.3, 0.4) is 0 Å². The molecule has 0 saturated heterocycles. The zero-order chi connectivity index (χ0) is 10.4. The zero-order valence-electron chi connectivity index (χ0n) is 8.87. The van der Waals surface area contributed by atoms with E-state index in [-0.39, 0.29) is 12.7 Å². The number of rotatable bonds is 6. The fraction of sp³-hybridized carbons (Fsp3) is 1.00. The second-order valence-electron chi connectivity index (χ2n) is 3.95. The van der Waals surface area contributed by atoms with Crippen molar-refractivity contribution in [1.82, 2.24) is 0 Å². The van der Waals surface area contributed by atoms with Gasteiger partial charge in [0.05, 0.1) is 25.9 Å². The average Bonchev–Trinajstić information content (AvgIpc) is 2.56. The molecule has 14 heavy (non-hydrogen) atoms. The Labute approximate surface area is 85.4 Å². The Kier molecular flexibility index (Phi) is 4.81. The molecule has 1 aliphatic rings. The van der Waals surface area contributed by atoms with E-state index in [4.69, 9.17) is 20.3 Å². The first-order valence-corrected chi connectivity index (χ1v) is 5.29. The van der Waals surface area contributed by atoms with Crippen LogP contribution < -0.4 is 5.73 Å². The van der Waals surface area contributed by atoms with Gasteiger partial charge in [-0.2, -0.15) is 0 Å². The van der Waals surface area contributed by atoms with Crippen LogP contribution in [0.15, 0.2) is 0 Å². The van der Waals surface area contributed by atoms with Gasteiger partial charge in [0.15, 0.2) is 0 Å². The maximum Gasteiger partial charge on any atom is 0.0704 e. The van der Waals surface area contributed by atoms with Gasteiger partial charge in [-0.1, -0.05) is 0 Å². The summed E-state index contributed by atoms with van der Waals surface area (Å²) in [5, 5.41) is 9.05. The lowest BCUT2D eigenvalue weighted by Gasteiger charge is -2.20. The van der Waals surface area contributed by atoms with E-state index >= 15 is 0 Å². The first kappa shape index (κ1) is 11.9. The lowest BCUT2D eigenvalue weighted by molar-refractivity contribution is 0.00689. The Morgan fingerprint density at radius 3 is 2.86 bits per heavy atom. The Balaban J connectivity index is 2.10. The summed E-state index contributed by atoms with van der Waals surface area (Å²) < 4.78 is 10.8. The summed E-state index contributed by atoms with van der Waals surface area (Å²) in [6.07, 6.45) is 2.76. The van der Waals surface area contributed by atoms with Crippen molar-refractivity contribution >= 4 is 0 Å². The van der Waals surface area contributed by atoms with E-state index in [0.717, 1.165) is 25.9 Å². The van der Waals surface area contributed by atoms with E-state index in [9.17, 15) is 0 Å². The summed E-state index contributed by atoms with van der Waals surface area (Å²) in [7, 11) is 0. The molecule has 2 unspecified atom stereocenters. The lowest BCUT2D eigenvalue weighted by Crippen LogP contribution is -2.41. The minimum Gasteiger partial charge on any atom is -0.394 e. The van der Waals surface area contributed by atoms with Gasteiger partial charge in [0.2, 0.25) is 0 Å². The molecule has 1 aliphatic carbocycles. The van der Waals surface area contributed by atoms with Gasteiger partial charge < -0.3 is 20.3 Å². The Bertz CT molecular complexity index is 165. The third-order valence-electron chi connectivity index (χ3n) is 2.70. The van der Waals surface area contributed by atoms with Crippen molar-refractivity contribution in [3.05, 3.63) is 0 Å². The third kappa shape index (κ3) is 3.53. The number of hydrogen-bond donors (Lipinski definition) is 2. The van der Waals surface area contributed by atoms with E-state index < -0.39 is 5.54 Å². The van der Waals surface area contributed by atoms with Gasteiger partial charge >= 0.3 is 0 Å². The lowest BCUT2D eigenvalue weighted by atomic mass is 10.0. The first-order chi connectivity index (χ1) is 6.70. The number of nitrogens with two attached hydrogens (primary N) is 1. The van der Waals surface area contributed by atoms with Crippen molar-refractivity contribution in [3.8, 4) is 0 Å². The second-order valence-corrected chi connectivity index (χ2v) is 3.95. The van der Waals surface area contributed by atoms with Gasteiger partial charge in [-0.15, -0.1) is 0 Å². The van der Waals surface area contributed by atoms with Gasteiger partial charge in [0, 0.05) is 12.1 Å². The van der Waals surface area contributed by atoms with Crippen molar-refractivity contribution in [2.75, 3.05) is 26.4 Å². The van der Waals surface area contributed by atoms with E-state index in [1.54, 1.807) is 0 Å². The molecule has 0 spiro atoms. The molecular formula is C10H21NO3. The zero-order valence-corrected chi connectivity index (χ0v) is 8.87. The van der Waals surface area contributed by atoms with Gasteiger partial charge in [-0.05, 0) is 26.2 Å². The molecule has 0 radical (unpaired) electrons. The normalized spacial score (nSPS) is 32.4. The Morgan fingerprint density at radius 2 is 2.29 bits per heavy atom. The molecule has 3 N–H and O–H groups in total. The van der Waals surface area contributed by atoms with Crippen LogP contribution in [0.1, 0.15) is 26.2 Å². The molecule has 0 aromatic rings. The topological polar surface area (TPSA) is 64.7 Å². The Morgan fingerprint density at radius 1 is 1.50 bits per heavy atom. The SMILES string of the molecule is CCOCCOC1CCC(N)(CO)C1. The molecule has 0 amide bonds. The summed E-state index contributed by atoms with van der Waals surface area (Å²) >= 11 is 0. The Hall–Kier alpha value is -0.160. The molecule has 0 aromatic heterocycles. The van der Waals surface area contributed by atoms with Gasteiger partial charge in [-0.25, -0.2) is 0 Å². The molecule has 0 heterocycles. The first-order valence-electron chi connectivity index (χ1n) is 5.29. The fourth-order valence-corrected chi connectivity index (χ4v) is 1.81. The van der Waals surface area contributed by atoms with Crippen molar-refractivity contribution in [2.24, 2.45) is 5.73 Å². The molecule has 2 atom stereocenters. The van der Waals surface area contributed by atoms with Crippen molar-refractivity contribution in [2.45, 2.75) is 37.8 Å². The highest BCUT2D eigenvalue weighted by Gasteiger charge is 2.35. The predicted molar refractivity (Wildman–Crippen MR) is 54.1 cm³/mol. The highest BCUT2D eigenvalue weighted by Crippen LogP contribution is 2.29. The smallest absolute Gasteiger partial charge is 0.0704 e. The molecule has 0 bridgehead atoms. The average molecular weight is 203 g/mol. The maximum absolute atomic E-state index is 9.05. The van der Waals surface area contributed by atoms with E-state index in [0.29, 0.717) is 13.2 Å². The third-order valence-corrected chi connectivity index (χ3v) is 2.70. The summed E-state index contributed by atoms with van der Waals surface area (Å²) in [6.45, 7) is 4.01. The molecular weight excluding hydrogens is 182 g/mol.